The van der Waals surface area contributed by atoms with Gasteiger partial charge < -0.3 is 10.2 Å². The van der Waals surface area contributed by atoms with Crippen molar-refractivity contribution in [2.24, 2.45) is 5.41 Å². The van der Waals surface area contributed by atoms with E-state index in [1.165, 1.54) is 23.9 Å². The largest absolute Gasteiger partial charge is 0.355 e. The monoisotopic (exact) mass is 503 g/mol. The van der Waals surface area contributed by atoms with Crippen LogP contribution in [-0.4, -0.2) is 54.0 Å². The molecule has 1 aliphatic carbocycles. The molecule has 1 saturated heterocycles. The highest BCUT2D eigenvalue weighted by atomic mass is 35.5. The summed E-state index contributed by atoms with van der Waals surface area (Å²) < 4.78 is 3.33. The Morgan fingerprint density at radius 3 is 2.67 bits per heavy atom. The number of nitrogens with zero attached hydrogens (tertiary/aromatic N) is 8. The first-order valence-electron chi connectivity index (χ1n) is 11.9. The summed E-state index contributed by atoms with van der Waals surface area (Å²) in [6.07, 6.45) is 5.99. The quantitative estimate of drug-likeness (QED) is 0.413. The number of halogens is 1. The molecule has 3 aromatic heterocycles. The summed E-state index contributed by atoms with van der Waals surface area (Å²) in [5.74, 6) is 0.839. The van der Waals surface area contributed by atoms with E-state index in [2.05, 4.69) is 43.0 Å². The SMILES string of the molecule is Cc1nc(N2CC3(CC3)C2)ccc1Cn1cc(C(=O)NCc2cc(Cl)ccc2-n2cnnn2)c(C)n1. The minimum Gasteiger partial charge on any atom is -0.355 e. The van der Waals surface area contributed by atoms with Crippen LogP contribution in [0.1, 0.15) is 45.7 Å². The van der Waals surface area contributed by atoms with Gasteiger partial charge in [-0.15, -0.1) is 5.10 Å². The van der Waals surface area contributed by atoms with Crippen molar-refractivity contribution in [1.29, 1.82) is 0 Å². The number of pyridine rings is 1. The molecule has 0 unspecified atom stereocenters. The van der Waals surface area contributed by atoms with Crippen LogP contribution in [0.5, 0.6) is 0 Å². The number of hydrogen-bond acceptors (Lipinski definition) is 7. The molecular formula is C25H26ClN9O. The highest BCUT2D eigenvalue weighted by molar-refractivity contribution is 6.30. The third kappa shape index (κ3) is 4.32. The van der Waals surface area contributed by atoms with Crippen LogP contribution in [-0.2, 0) is 13.1 Å². The molecule has 1 aromatic carbocycles. The Bertz CT molecular complexity index is 1430. The van der Waals surface area contributed by atoms with Crippen molar-refractivity contribution in [2.45, 2.75) is 39.8 Å². The van der Waals surface area contributed by atoms with E-state index < -0.39 is 0 Å². The number of nitrogens with one attached hydrogen (secondary N) is 1. The zero-order valence-corrected chi connectivity index (χ0v) is 20.9. The molecule has 0 radical (unpaired) electrons. The number of aromatic nitrogens is 7. The summed E-state index contributed by atoms with van der Waals surface area (Å²) in [6, 6.07) is 9.58. The molecule has 10 nitrogen and oxygen atoms in total. The fourth-order valence-electron chi connectivity index (χ4n) is 4.80. The van der Waals surface area contributed by atoms with Gasteiger partial charge in [-0.25, -0.2) is 9.67 Å². The van der Waals surface area contributed by atoms with Gasteiger partial charge in [0.1, 0.15) is 12.1 Å². The number of anilines is 1. The van der Waals surface area contributed by atoms with E-state index in [9.17, 15) is 4.79 Å². The van der Waals surface area contributed by atoms with E-state index >= 15 is 0 Å². The van der Waals surface area contributed by atoms with E-state index in [0.29, 0.717) is 28.2 Å². The predicted molar refractivity (Wildman–Crippen MR) is 134 cm³/mol. The number of amides is 1. The smallest absolute Gasteiger partial charge is 0.255 e. The molecule has 184 valence electrons. The molecule has 0 bridgehead atoms. The maximum Gasteiger partial charge on any atom is 0.255 e. The fourth-order valence-corrected chi connectivity index (χ4v) is 4.99. The van der Waals surface area contributed by atoms with Gasteiger partial charge in [0.2, 0.25) is 0 Å². The molecule has 1 spiro atoms. The number of carbonyl (C=O) groups is 1. The average molecular weight is 504 g/mol. The van der Waals surface area contributed by atoms with Crippen molar-refractivity contribution in [3.05, 3.63) is 76.0 Å². The summed E-state index contributed by atoms with van der Waals surface area (Å²) in [5.41, 5.74) is 5.40. The molecule has 1 N–H and O–H groups in total. The first-order chi connectivity index (χ1) is 17.4. The topological polar surface area (TPSA) is 107 Å². The minimum atomic E-state index is -0.210. The van der Waals surface area contributed by atoms with Crippen LogP contribution >= 0.6 is 11.6 Å². The predicted octanol–water partition coefficient (Wildman–Crippen LogP) is 3.10. The number of benzene rings is 1. The Morgan fingerprint density at radius 1 is 1.11 bits per heavy atom. The zero-order valence-electron chi connectivity index (χ0n) is 20.1. The van der Waals surface area contributed by atoms with Gasteiger partial charge in [0.25, 0.3) is 5.91 Å². The number of tetrazole rings is 1. The Labute approximate surface area is 213 Å². The van der Waals surface area contributed by atoms with E-state index in [0.717, 1.165) is 41.4 Å². The van der Waals surface area contributed by atoms with Gasteiger partial charge >= 0.3 is 0 Å². The number of hydrogen-bond donors (Lipinski definition) is 1. The molecule has 2 fully saturated rings. The van der Waals surface area contributed by atoms with E-state index in [1.54, 1.807) is 23.0 Å². The summed E-state index contributed by atoms with van der Waals surface area (Å²) in [6.45, 7) is 6.94. The van der Waals surface area contributed by atoms with Crippen LogP contribution in [0, 0.1) is 19.3 Å². The molecule has 1 aliphatic heterocycles. The lowest BCUT2D eigenvalue weighted by Gasteiger charge is -2.41. The highest BCUT2D eigenvalue weighted by Gasteiger charge is 2.52. The lowest BCUT2D eigenvalue weighted by Crippen LogP contribution is -2.48. The Morgan fingerprint density at radius 2 is 1.94 bits per heavy atom. The summed E-state index contributed by atoms with van der Waals surface area (Å²) in [7, 11) is 0. The number of aryl methyl sites for hydroxylation is 2. The van der Waals surface area contributed by atoms with Crippen LogP contribution in [0.3, 0.4) is 0 Å². The fraction of sp³-hybridized carbons (Fsp3) is 0.360. The normalized spacial score (nSPS) is 15.7. The van der Waals surface area contributed by atoms with Crippen LogP contribution in [0.15, 0.2) is 42.9 Å². The number of rotatable bonds is 7. The lowest BCUT2D eigenvalue weighted by atomic mass is 9.97. The van der Waals surface area contributed by atoms with Crippen molar-refractivity contribution in [3.63, 3.8) is 0 Å². The van der Waals surface area contributed by atoms with Gasteiger partial charge in [-0.3, -0.25) is 9.48 Å². The Hall–Kier alpha value is -3.79. The van der Waals surface area contributed by atoms with Crippen LogP contribution in [0.2, 0.25) is 5.02 Å². The van der Waals surface area contributed by atoms with Crippen molar-refractivity contribution in [2.75, 3.05) is 18.0 Å². The highest BCUT2D eigenvalue weighted by Crippen LogP contribution is 2.53. The second kappa shape index (κ2) is 8.70. The van der Waals surface area contributed by atoms with Gasteiger partial charge in [0.05, 0.1) is 23.5 Å². The van der Waals surface area contributed by atoms with Crippen LogP contribution in [0.4, 0.5) is 5.82 Å². The van der Waals surface area contributed by atoms with Gasteiger partial charge in [0, 0.05) is 42.0 Å². The first kappa shape index (κ1) is 22.7. The lowest BCUT2D eigenvalue weighted by molar-refractivity contribution is 0.0950. The molecule has 0 atom stereocenters. The van der Waals surface area contributed by atoms with Crippen LogP contribution < -0.4 is 10.2 Å². The molecule has 36 heavy (non-hydrogen) atoms. The maximum atomic E-state index is 13.0. The maximum absolute atomic E-state index is 13.0. The molecular weight excluding hydrogens is 478 g/mol. The summed E-state index contributed by atoms with van der Waals surface area (Å²) in [4.78, 5) is 20.2. The third-order valence-corrected chi connectivity index (χ3v) is 7.35. The number of carbonyl (C=O) groups excluding carboxylic acids is 1. The minimum absolute atomic E-state index is 0.210. The van der Waals surface area contributed by atoms with Gasteiger partial charge in [-0.05, 0) is 72.5 Å². The molecule has 2 aliphatic rings. The molecule has 11 heteroatoms. The molecule has 6 rings (SSSR count). The van der Waals surface area contributed by atoms with E-state index in [1.807, 2.05) is 19.9 Å². The Kier molecular flexibility index (Phi) is 5.48. The van der Waals surface area contributed by atoms with Crippen molar-refractivity contribution >= 4 is 23.3 Å². The zero-order chi connectivity index (χ0) is 24.9. The average Bonchev–Trinajstić information content (AvgIpc) is 3.29. The van der Waals surface area contributed by atoms with Gasteiger partial charge in [-0.1, -0.05) is 17.7 Å². The third-order valence-electron chi connectivity index (χ3n) is 7.11. The standard InChI is InChI=1S/C25H26ClN9O/c1-16-18(3-6-23(29-16)33-13-25(14-33)7-8-25)11-34-12-21(17(2)30-34)24(36)27-10-19-9-20(26)4-5-22(19)35-15-28-31-32-35/h3-6,9,12,15H,7-8,10-11,13-14H2,1-2H3,(H,27,36). The van der Waals surface area contributed by atoms with Gasteiger partial charge in [0.15, 0.2) is 0 Å². The van der Waals surface area contributed by atoms with Crippen molar-refractivity contribution < 1.29 is 4.79 Å². The molecule has 4 aromatic rings. The molecule has 1 saturated carbocycles. The van der Waals surface area contributed by atoms with E-state index in [4.69, 9.17) is 16.6 Å². The summed E-state index contributed by atoms with van der Waals surface area (Å²) in [5, 5.41) is 19.4. The van der Waals surface area contributed by atoms with E-state index in [-0.39, 0.29) is 12.5 Å². The first-order valence-corrected chi connectivity index (χ1v) is 12.3. The second-order valence-corrected chi connectivity index (χ2v) is 10.2. The van der Waals surface area contributed by atoms with Gasteiger partial charge in [-0.2, -0.15) is 5.10 Å². The Balaban J connectivity index is 1.13. The van der Waals surface area contributed by atoms with Crippen molar-refractivity contribution in [1.82, 2.24) is 40.3 Å². The summed E-state index contributed by atoms with van der Waals surface area (Å²) >= 11 is 6.19. The molecule has 1 amide bonds. The van der Waals surface area contributed by atoms with Crippen LogP contribution in [0.25, 0.3) is 5.69 Å². The molecule has 4 heterocycles. The second-order valence-electron chi connectivity index (χ2n) is 9.81. The van der Waals surface area contributed by atoms with Crippen molar-refractivity contribution in [3.8, 4) is 5.69 Å².